The lowest BCUT2D eigenvalue weighted by molar-refractivity contribution is 0.314. The highest BCUT2D eigenvalue weighted by Gasteiger charge is 2.07. The summed E-state index contributed by atoms with van der Waals surface area (Å²) in [6.45, 7) is 2.26. The van der Waals surface area contributed by atoms with Crippen molar-refractivity contribution < 1.29 is 0 Å². The number of thiocarbonyl (C=S) groups is 1. The predicted molar refractivity (Wildman–Crippen MR) is 28.8 cm³/mol. The van der Waals surface area contributed by atoms with Crippen molar-refractivity contribution in [1.82, 2.24) is 4.90 Å². The monoisotopic (exact) mass is 100 g/mol. The molecule has 1 radical (unpaired) electrons. The maximum absolute atomic E-state index is 4.50. The van der Waals surface area contributed by atoms with Gasteiger partial charge in [0.05, 0.1) is 0 Å². The summed E-state index contributed by atoms with van der Waals surface area (Å²) in [7, 11) is 0. The Labute approximate surface area is 42.9 Å². The quantitative estimate of drug-likeness (QED) is 0.442. The molecule has 1 nitrogen and oxygen atoms in total. The molecular formula is C4H6NS. The molecule has 0 amide bonds. The van der Waals surface area contributed by atoms with E-state index in [0.717, 1.165) is 13.1 Å². The highest BCUT2D eigenvalue weighted by Crippen LogP contribution is 2.00. The molecule has 0 spiro atoms. The molecule has 1 heterocycles. The van der Waals surface area contributed by atoms with Crippen molar-refractivity contribution in [1.29, 1.82) is 0 Å². The molecule has 0 atom stereocenters. The molecule has 33 valence electrons. The van der Waals surface area contributed by atoms with Gasteiger partial charge in [0.1, 0.15) is 5.49 Å². The summed E-state index contributed by atoms with van der Waals surface area (Å²) in [5, 5.41) is 0. The predicted octanol–water partition coefficient (Wildman–Crippen LogP) is 0.526. The van der Waals surface area contributed by atoms with E-state index in [4.69, 9.17) is 0 Å². The first kappa shape index (κ1) is 4.06. The normalized spacial score (nSPS) is 19.7. The molecule has 0 saturated carbocycles. The summed E-state index contributed by atoms with van der Waals surface area (Å²) in [6.07, 6.45) is 1.30. The van der Waals surface area contributed by atoms with E-state index in [1.165, 1.54) is 6.42 Å². The minimum absolute atomic E-state index is 1.13. The zero-order valence-electron chi connectivity index (χ0n) is 3.48. The number of rotatable bonds is 1. The molecule has 6 heavy (non-hydrogen) atoms. The topological polar surface area (TPSA) is 3.24 Å². The summed E-state index contributed by atoms with van der Waals surface area (Å²) < 4.78 is 0. The standard InChI is InChI=1S/C4H6NS/c6-4-5-2-1-3-5/h1-3H2. The second-order valence-corrected chi connectivity index (χ2v) is 1.61. The molecule has 0 aromatic carbocycles. The van der Waals surface area contributed by atoms with Crippen LogP contribution < -0.4 is 0 Å². The Morgan fingerprint density at radius 3 is 2.17 bits per heavy atom. The van der Waals surface area contributed by atoms with Crippen molar-refractivity contribution in [2.24, 2.45) is 0 Å². The lowest BCUT2D eigenvalue weighted by Gasteiger charge is -2.26. The summed E-state index contributed by atoms with van der Waals surface area (Å²) in [5.74, 6) is 0. The summed E-state index contributed by atoms with van der Waals surface area (Å²) >= 11 is 4.50. The molecule has 0 unspecified atom stereocenters. The molecular weight excluding hydrogens is 94.1 g/mol. The van der Waals surface area contributed by atoms with Gasteiger partial charge in [-0.3, -0.25) is 0 Å². The van der Waals surface area contributed by atoms with Crippen molar-refractivity contribution in [2.45, 2.75) is 6.42 Å². The number of likely N-dealkylation sites (tertiary alicyclic amines) is 1. The van der Waals surface area contributed by atoms with Gasteiger partial charge in [0, 0.05) is 13.1 Å². The summed E-state index contributed by atoms with van der Waals surface area (Å²) in [5.41, 5.74) is 2.62. The van der Waals surface area contributed by atoms with Crippen LogP contribution in [0.3, 0.4) is 0 Å². The molecule has 0 aliphatic carbocycles. The minimum atomic E-state index is 1.13. The van der Waals surface area contributed by atoms with Gasteiger partial charge < -0.3 is 4.90 Å². The SMILES string of the molecule is S=[C]N1CCC1. The van der Waals surface area contributed by atoms with Crippen LogP contribution >= 0.6 is 12.2 Å². The van der Waals surface area contributed by atoms with E-state index in [1.807, 2.05) is 4.90 Å². The second-order valence-electron chi connectivity index (χ2n) is 1.43. The van der Waals surface area contributed by atoms with E-state index >= 15 is 0 Å². The molecule has 0 bridgehead atoms. The molecule has 0 aromatic rings. The first-order valence-corrected chi connectivity index (χ1v) is 2.47. The molecule has 1 rings (SSSR count). The molecule has 1 saturated heterocycles. The van der Waals surface area contributed by atoms with E-state index < -0.39 is 0 Å². The van der Waals surface area contributed by atoms with Crippen LogP contribution in [0, 0.1) is 0 Å². The number of hydrogen-bond acceptors (Lipinski definition) is 1. The third-order valence-corrected chi connectivity index (χ3v) is 1.24. The number of nitrogens with zero attached hydrogens (tertiary/aromatic N) is 1. The second kappa shape index (κ2) is 1.56. The fourth-order valence-corrected chi connectivity index (χ4v) is 0.590. The van der Waals surface area contributed by atoms with E-state index in [-0.39, 0.29) is 0 Å². The smallest absolute Gasteiger partial charge is 0.136 e. The fraction of sp³-hybridized carbons (Fsp3) is 0.750. The summed E-state index contributed by atoms with van der Waals surface area (Å²) in [4.78, 5) is 2.00. The third-order valence-electron chi connectivity index (χ3n) is 0.985. The molecule has 1 aliphatic heterocycles. The van der Waals surface area contributed by atoms with Crippen molar-refractivity contribution in [2.75, 3.05) is 13.1 Å². The van der Waals surface area contributed by atoms with Crippen LogP contribution in [0.5, 0.6) is 0 Å². The zero-order chi connectivity index (χ0) is 4.41. The van der Waals surface area contributed by atoms with Gasteiger partial charge in [0.25, 0.3) is 0 Å². The van der Waals surface area contributed by atoms with Gasteiger partial charge in [-0.05, 0) is 6.42 Å². The first-order valence-electron chi connectivity index (χ1n) is 2.06. The largest absolute Gasteiger partial charge is 0.360 e. The average molecular weight is 100 g/mol. The van der Waals surface area contributed by atoms with Gasteiger partial charge in [0.2, 0.25) is 0 Å². The maximum Gasteiger partial charge on any atom is 0.136 e. The van der Waals surface area contributed by atoms with Crippen LogP contribution in [0.15, 0.2) is 0 Å². The van der Waals surface area contributed by atoms with E-state index in [0.29, 0.717) is 0 Å². The van der Waals surface area contributed by atoms with Gasteiger partial charge in [-0.1, -0.05) is 12.2 Å². The third kappa shape index (κ3) is 0.522. The Morgan fingerprint density at radius 2 is 2.17 bits per heavy atom. The van der Waals surface area contributed by atoms with Crippen LogP contribution in [-0.4, -0.2) is 23.5 Å². The Balaban J connectivity index is 2.16. The number of hydrogen-bond donors (Lipinski definition) is 0. The van der Waals surface area contributed by atoms with Crippen LogP contribution in [0.25, 0.3) is 0 Å². The molecule has 2 heteroatoms. The Morgan fingerprint density at radius 1 is 1.50 bits per heavy atom. The van der Waals surface area contributed by atoms with Gasteiger partial charge >= 0.3 is 0 Å². The highest BCUT2D eigenvalue weighted by atomic mass is 32.1. The zero-order valence-corrected chi connectivity index (χ0v) is 4.29. The first-order chi connectivity index (χ1) is 2.93. The lowest BCUT2D eigenvalue weighted by atomic mass is 10.2. The van der Waals surface area contributed by atoms with Gasteiger partial charge in [-0.2, -0.15) is 0 Å². The van der Waals surface area contributed by atoms with Crippen molar-refractivity contribution in [3.8, 4) is 0 Å². The molecule has 1 fully saturated rings. The lowest BCUT2D eigenvalue weighted by Crippen LogP contribution is -2.34. The van der Waals surface area contributed by atoms with Gasteiger partial charge in [-0.25, -0.2) is 0 Å². The van der Waals surface area contributed by atoms with Crippen LogP contribution in [0.4, 0.5) is 0 Å². The van der Waals surface area contributed by atoms with Crippen molar-refractivity contribution in [3.63, 3.8) is 0 Å². The maximum atomic E-state index is 4.50. The summed E-state index contributed by atoms with van der Waals surface area (Å²) in [6, 6.07) is 0. The van der Waals surface area contributed by atoms with Crippen molar-refractivity contribution >= 4 is 17.7 Å². The Hall–Kier alpha value is -0.110. The van der Waals surface area contributed by atoms with Gasteiger partial charge in [-0.15, -0.1) is 0 Å². The van der Waals surface area contributed by atoms with Crippen molar-refractivity contribution in [3.05, 3.63) is 0 Å². The van der Waals surface area contributed by atoms with Crippen LogP contribution in [0.2, 0.25) is 0 Å². The molecule has 0 aromatic heterocycles. The van der Waals surface area contributed by atoms with Crippen LogP contribution in [-0.2, 0) is 0 Å². The van der Waals surface area contributed by atoms with E-state index in [1.54, 1.807) is 0 Å². The fourth-order valence-electron chi connectivity index (χ4n) is 0.408. The Kier molecular flexibility index (Phi) is 1.05. The molecule has 1 aliphatic rings. The average Bonchev–Trinajstić information content (AvgIpc) is 1.31. The molecule has 0 N–H and O–H groups in total. The van der Waals surface area contributed by atoms with E-state index in [2.05, 4.69) is 17.7 Å². The minimum Gasteiger partial charge on any atom is -0.360 e. The highest BCUT2D eigenvalue weighted by molar-refractivity contribution is 7.78. The van der Waals surface area contributed by atoms with Crippen LogP contribution in [0.1, 0.15) is 6.42 Å². The van der Waals surface area contributed by atoms with Gasteiger partial charge in [0.15, 0.2) is 0 Å². The Bertz CT molecular complexity index is 58.6. The van der Waals surface area contributed by atoms with E-state index in [9.17, 15) is 0 Å².